The summed E-state index contributed by atoms with van der Waals surface area (Å²) in [6.07, 6.45) is -0.314. The molecule has 1 atom stereocenters. The molecule has 0 aliphatic carbocycles. The molecule has 0 aliphatic heterocycles. The minimum Gasteiger partial charge on any atom is -0.391 e. The largest absolute Gasteiger partial charge is 0.391 e. The Morgan fingerprint density at radius 2 is 2.18 bits per heavy atom. The highest BCUT2D eigenvalue weighted by atomic mass is 35.5. The third kappa shape index (κ3) is 5.98. The first-order valence-electron chi connectivity index (χ1n) is 5.54. The predicted molar refractivity (Wildman–Crippen MR) is 77.2 cm³/mol. The number of aliphatic hydroxyl groups is 1. The van der Waals surface area contributed by atoms with Crippen LogP contribution in [0.1, 0.15) is 12.5 Å². The number of halogens is 2. The number of aliphatic hydroxyl groups excluding tert-OH is 1. The van der Waals surface area contributed by atoms with Crippen molar-refractivity contribution in [3.05, 3.63) is 33.8 Å². The second-order valence-corrected chi connectivity index (χ2v) is 5.59. The van der Waals surface area contributed by atoms with Gasteiger partial charge in [0.25, 0.3) is 0 Å². The maximum absolute atomic E-state index is 9.63. The van der Waals surface area contributed by atoms with Gasteiger partial charge in [0.15, 0.2) is 0 Å². The van der Waals surface area contributed by atoms with Crippen LogP contribution in [0.15, 0.2) is 18.2 Å². The maximum atomic E-state index is 9.63. The number of likely N-dealkylation sites (N-methyl/N-ethyl adjacent to an activating group) is 1. The van der Waals surface area contributed by atoms with Crippen LogP contribution < -0.4 is 5.32 Å². The molecule has 96 valence electrons. The highest BCUT2D eigenvalue weighted by molar-refractivity contribution is 7.98. The zero-order valence-electron chi connectivity index (χ0n) is 9.75. The fourth-order valence-corrected chi connectivity index (χ4v) is 2.85. The van der Waals surface area contributed by atoms with Crippen LogP contribution in [0.5, 0.6) is 0 Å². The number of hydrogen-bond acceptors (Lipinski definition) is 3. The standard InChI is InChI=1S/C12H17Cl2NOS/c1-2-15-6-11(16)8-17-7-9-3-4-10(13)5-12(9)14/h3-5,11,15-16H,2,6-8H2,1H3. The Hall–Kier alpha value is 0.0700. The number of nitrogens with one attached hydrogen (secondary N) is 1. The summed E-state index contributed by atoms with van der Waals surface area (Å²) in [6, 6.07) is 5.50. The highest BCUT2D eigenvalue weighted by Gasteiger charge is 2.05. The third-order valence-electron chi connectivity index (χ3n) is 2.21. The van der Waals surface area contributed by atoms with Crippen molar-refractivity contribution in [3.8, 4) is 0 Å². The summed E-state index contributed by atoms with van der Waals surface area (Å²) in [5, 5.41) is 14.1. The zero-order valence-corrected chi connectivity index (χ0v) is 12.1. The van der Waals surface area contributed by atoms with Crippen LogP contribution in [0, 0.1) is 0 Å². The molecule has 0 aromatic heterocycles. The molecule has 0 amide bonds. The van der Waals surface area contributed by atoms with E-state index in [1.165, 1.54) is 0 Å². The van der Waals surface area contributed by atoms with Crippen LogP contribution in [0.3, 0.4) is 0 Å². The lowest BCUT2D eigenvalue weighted by Gasteiger charge is -2.11. The van der Waals surface area contributed by atoms with Crippen molar-refractivity contribution < 1.29 is 5.11 Å². The number of thioether (sulfide) groups is 1. The molecule has 2 nitrogen and oxygen atoms in total. The van der Waals surface area contributed by atoms with Crippen LogP contribution in [0.4, 0.5) is 0 Å². The van der Waals surface area contributed by atoms with E-state index in [0.29, 0.717) is 22.3 Å². The second kappa shape index (κ2) is 8.22. The van der Waals surface area contributed by atoms with Crippen LogP contribution >= 0.6 is 35.0 Å². The quantitative estimate of drug-likeness (QED) is 0.810. The smallest absolute Gasteiger partial charge is 0.0754 e. The normalized spacial score (nSPS) is 12.7. The van der Waals surface area contributed by atoms with E-state index in [-0.39, 0.29) is 6.10 Å². The molecule has 0 heterocycles. The lowest BCUT2D eigenvalue weighted by Crippen LogP contribution is -2.28. The van der Waals surface area contributed by atoms with Crippen molar-refractivity contribution >= 4 is 35.0 Å². The van der Waals surface area contributed by atoms with E-state index in [9.17, 15) is 5.11 Å². The molecule has 1 unspecified atom stereocenters. The Labute approximate surface area is 117 Å². The van der Waals surface area contributed by atoms with Gasteiger partial charge < -0.3 is 10.4 Å². The Morgan fingerprint density at radius 1 is 1.41 bits per heavy atom. The molecule has 0 bridgehead atoms. The fourth-order valence-electron chi connectivity index (χ4n) is 1.31. The van der Waals surface area contributed by atoms with Gasteiger partial charge in [0, 0.05) is 28.1 Å². The summed E-state index contributed by atoms with van der Waals surface area (Å²) in [6.45, 7) is 3.54. The van der Waals surface area contributed by atoms with Crippen LogP contribution in [-0.2, 0) is 5.75 Å². The number of benzene rings is 1. The van der Waals surface area contributed by atoms with Crippen molar-refractivity contribution in [2.75, 3.05) is 18.8 Å². The first-order valence-corrected chi connectivity index (χ1v) is 7.45. The van der Waals surface area contributed by atoms with Gasteiger partial charge >= 0.3 is 0 Å². The van der Waals surface area contributed by atoms with Gasteiger partial charge in [0.1, 0.15) is 0 Å². The molecule has 17 heavy (non-hydrogen) atoms. The van der Waals surface area contributed by atoms with Gasteiger partial charge in [-0.3, -0.25) is 0 Å². The molecule has 0 fully saturated rings. The molecule has 0 saturated carbocycles. The van der Waals surface area contributed by atoms with Gasteiger partial charge in [-0.2, -0.15) is 11.8 Å². The summed E-state index contributed by atoms with van der Waals surface area (Å²) in [4.78, 5) is 0. The Balaban J connectivity index is 2.30. The highest BCUT2D eigenvalue weighted by Crippen LogP contribution is 2.24. The Kier molecular flexibility index (Phi) is 7.32. The molecule has 0 radical (unpaired) electrons. The van der Waals surface area contributed by atoms with E-state index in [4.69, 9.17) is 23.2 Å². The van der Waals surface area contributed by atoms with E-state index in [2.05, 4.69) is 5.32 Å². The van der Waals surface area contributed by atoms with Crippen LogP contribution in [-0.4, -0.2) is 30.1 Å². The van der Waals surface area contributed by atoms with Crippen molar-refractivity contribution in [1.29, 1.82) is 0 Å². The molecule has 1 rings (SSSR count). The van der Waals surface area contributed by atoms with Gasteiger partial charge in [0.05, 0.1) is 6.10 Å². The Morgan fingerprint density at radius 3 is 2.82 bits per heavy atom. The van der Waals surface area contributed by atoms with E-state index in [1.54, 1.807) is 17.8 Å². The molecule has 2 N–H and O–H groups in total. The first kappa shape index (κ1) is 15.1. The van der Waals surface area contributed by atoms with Crippen molar-refractivity contribution in [3.63, 3.8) is 0 Å². The molecule has 1 aromatic carbocycles. The van der Waals surface area contributed by atoms with E-state index >= 15 is 0 Å². The van der Waals surface area contributed by atoms with Gasteiger partial charge in [-0.05, 0) is 24.2 Å². The van der Waals surface area contributed by atoms with Gasteiger partial charge in [0.2, 0.25) is 0 Å². The van der Waals surface area contributed by atoms with E-state index in [1.807, 2.05) is 19.1 Å². The zero-order chi connectivity index (χ0) is 12.7. The molecular weight excluding hydrogens is 277 g/mol. The monoisotopic (exact) mass is 293 g/mol. The average molecular weight is 294 g/mol. The summed E-state index contributed by atoms with van der Waals surface area (Å²) >= 11 is 13.5. The summed E-state index contributed by atoms with van der Waals surface area (Å²) < 4.78 is 0. The van der Waals surface area contributed by atoms with Gasteiger partial charge in [-0.15, -0.1) is 0 Å². The Bertz CT molecular complexity index is 349. The molecule has 0 aliphatic rings. The van der Waals surface area contributed by atoms with Crippen LogP contribution in [0.25, 0.3) is 0 Å². The summed E-state index contributed by atoms with van der Waals surface area (Å²) in [7, 11) is 0. The molecule has 0 spiro atoms. The lowest BCUT2D eigenvalue weighted by atomic mass is 10.2. The SMILES string of the molecule is CCNCC(O)CSCc1ccc(Cl)cc1Cl. The minimum absolute atomic E-state index is 0.314. The minimum atomic E-state index is -0.314. The average Bonchev–Trinajstić information content (AvgIpc) is 2.29. The summed E-state index contributed by atoms with van der Waals surface area (Å²) in [5.41, 5.74) is 1.05. The maximum Gasteiger partial charge on any atom is 0.0754 e. The second-order valence-electron chi connectivity index (χ2n) is 3.71. The number of rotatable bonds is 7. The number of hydrogen-bond donors (Lipinski definition) is 2. The van der Waals surface area contributed by atoms with Crippen molar-refractivity contribution in [2.24, 2.45) is 0 Å². The molecular formula is C12H17Cl2NOS. The van der Waals surface area contributed by atoms with Crippen LogP contribution in [0.2, 0.25) is 10.0 Å². The summed E-state index contributed by atoms with van der Waals surface area (Å²) in [5.74, 6) is 1.49. The fraction of sp³-hybridized carbons (Fsp3) is 0.500. The topological polar surface area (TPSA) is 32.3 Å². The lowest BCUT2D eigenvalue weighted by molar-refractivity contribution is 0.197. The molecule has 5 heteroatoms. The molecule has 1 aromatic rings. The van der Waals surface area contributed by atoms with Crippen molar-refractivity contribution in [1.82, 2.24) is 5.32 Å². The van der Waals surface area contributed by atoms with Gasteiger partial charge in [-0.25, -0.2) is 0 Å². The van der Waals surface area contributed by atoms with Gasteiger partial charge in [-0.1, -0.05) is 36.2 Å². The van der Waals surface area contributed by atoms with E-state index < -0.39 is 0 Å². The third-order valence-corrected chi connectivity index (χ3v) is 3.94. The molecule has 0 saturated heterocycles. The van der Waals surface area contributed by atoms with E-state index in [0.717, 1.165) is 17.9 Å². The first-order chi connectivity index (χ1) is 8.13. The predicted octanol–water partition coefficient (Wildman–Crippen LogP) is 3.20. The van der Waals surface area contributed by atoms with Crippen molar-refractivity contribution in [2.45, 2.75) is 18.8 Å².